The molecule has 0 spiro atoms. The van der Waals surface area contributed by atoms with E-state index in [0.29, 0.717) is 0 Å². The van der Waals surface area contributed by atoms with Gasteiger partial charge in [0.2, 0.25) is 0 Å². The predicted octanol–water partition coefficient (Wildman–Crippen LogP) is 4.51. The van der Waals surface area contributed by atoms with Gasteiger partial charge in [0.05, 0.1) is 5.69 Å². The lowest BCUT2D eigenvalue weighted by Gasteiger charge is -2.11. The molecule has 0 bridgehead atoms. The second-order valence-corrected chi connectivity index (χ2v) is 4.83. The Balaban J connectivity index is 2.00. The fourth-order valence-electron chi connectivity index (χ4n) is 2.48. The molecule has 0 amide bonds. The van der Waals surface area contributed by atoms with Crippen LogP contribution in [-0.2, 0) is 6.54 Å². The number of hydrogen-bond donors (Lipinski definition) is 0. The van der Waals surface area contributed by atoms with E-state index in [0.717, 1.165) is 6.54 Å². The maximum atomic E-state index is 2.32. The van der Waals surface area contributed by atoms with Crippen LogP contribution in [0.25, 0.3) is 11.3 Å². The minimum absolute atomic E-state index is 0.916. The quantitative estimate of drug-likeness (QED) is 0.641. The molecule has 0 aliphatic carbocycles. The molecule has 0 unspecified atom stereocenters. The molecule has 1 heteroatoms. The Morgan fingerprint density at radius 1 is 0.789 bits per heavy atom. The molecule has 19 heavy (non-hydrogen) atoms. The largest absolute Gasteiger partial charge is 0.343 e. The highest BCUT2D eigenvalue weighted by Crippen LogP contribution is 2.25. The Morgan fingerprint density at radius 2 is 1.42 bits per heavy atom. The number of aromatic nitrogens is 1. The zero-order chi connectivity index (χ0) is 13.1. The summed E-state index contributed by atoms with van der Waals surface area (Å²) in [5, 5.41) is 0. The number of benzene rings is 2. The standard InChI is InChI=1S/C18H17N/c1-15-12-13-19(14-16-8-4-2-5-9-16)18(15)17-10-6-3-7-11-17/h2-13H,14H2,1H3. The molecule has 3 aromatic rings. The van der Waals surface area contributed by atoms with Crippen molar-refractivity contribution in [1.82, 2.24) is 4.57 Å². The van der Waals surface area contributed by atoms with Crippen molar-refractivity contribution in [1.29, 1.82) is 0 Å². The Labute approximate surface area is 114 Å². The molecule has 0 fully saturated rings. The molecular weight excluding hydrogens is 230 g/mol. The highest BCUT2D eigenvalue weighted by Gasteiger charge is 2.08. The Hall–Kier alpha value is -2.28. The average molecular weight is 247 g/mol. The van der Waals surface area contributed by atoms with Gasteiger partial charge in [0, 0.05) is 12.7 Å². The van der Waals surface area contributed by atoms with Crippen LogP contribution in [-0.4, -0.2) is 4.57 Å². The van der Waals surface area contributed by atoms with Crippen molar-refractivity contribution in [2.45, 2.75) is 13.5 Å². The summed E-state index contributed by atoms with van der Waals surface area (Å²) in [6.45, 7) is 3.09. The summed E-state index contributed by atoms with van der Waals surface area (Å²) < 4.78 is 2.32. The van der Waals surface area contributed by atoms with E-state index in [-0.39, 0.29) is 0 Å². The van der Waals surface area contributed by atoms with Crippen molar-refractivity contribution in [2.75, 3.05) is 0 Å². The molecule has 94 valence electrons. The fourth-order valence-corrected chi connectivity index (χ4v) is 2.48. The predicted molar refractivity (Wildman–Crippen MR) is 80.1 cm³/mol. The van der Waals surface area contributed by atoms with Crippen LogP contribution in [0.3, 0.4) is 0 Å². The van der Waals surface area contributed by atoms with Crippen LogP contribution in [0.5, 0.6) is 0 Å². The Kier molecular flexibility index (Phi) is 3.20. The third-order valence-corrected chi connectivity index (χ3v) is 3.41. The molecule has 1 aromatic heterocycles. The first kappa shape index (κ1) is 11.8. The van der Waals surface area contributed by atoms with Crippen molar-refractivity contribution in [3.05, 3.63) is 84.1 Å². The van der Waals surface area contributed by atoms with Gasteiger partial charge >= 0.3 is 0 Å². The number of hydrogen-bond acceptors (Lipinski definition) is 0. The minimum atomic E-state index is 0.916. The fraction of sp³-hybridized carbons (Fsp3) is 0.111. The molecule has 3 rings (SSSR count). The summed E-state index contributed by atoms with van der Waals surface area (Å²) in [6.07, 6.45) is 2.17. The minimum Gasteiger partial charge on any atom is -0.343 e. The van der Waals surface area contributed by atoms with Gasteiger partial charge in [-0.1, -0.05) is 60.7 Å². The van der Waals surface area contributed by atoms with Crippen LogP contribution in [0.4, 0.5) is 0 Å². The zero-order valence-electron chi connectivity index (χ0n) is 11.1. The van der Waals surface area contributed by atoms with Crippen LogP contribution in [0.1, 0.15) is 11.1 Å². The van der Waals surface area contributed by atoms with E-state index in [1.807, 2.05) is 0 Å². The lowest BCUT2D eigenvalue weighted by atomic mass is 10.1. The smallest absolute Gasteiger partial charge is 0.0513 e. The number of rotatable bonds is 3. The van der Waals surface area contributed by atoms with E-state index < -0.39 is 0 Å². The second-order valence-electron chi connectivity index (χ2n) is 4.83. The van der Waals surface area contributed by atoms with Gasteiger partial charge in [0.25, 0.3) is 0 Å². The van der Waals surface area contributed by atoms with Crippen LogP contribution in [0.2, 0.25) is 0 Å². The molecule has 1 nitrogen and oxygen atoms in total. The molecule has 0 saturated carbocycles. The van der Waals surface area contributed by atoms with E-state index in [9.17, 15) is 0 Å². The maximum Gasteiger partial charge on any atom is 0.0513 e. The van der Waals surface area contributed by atoms with Crippen molar-refractivity contribution in [2.24, 2.45) is 0 Å². The van der Waals surface area contributed by atoms with Crippen LogP contribution >= 0.6 is 0 Å². The summed E-state index contributed by atoms with van der Waals surface area (Å²) in [4.78, 5) is 0. The van der Waals surface area contributed by atoms with Crippen molar-refractivity contribution in [3.8, 4) is 11.3 Å². The topological polar surface area (TPSA) is 4.93 Å². The van der Waals surface area contributed by atoms with Crippen LogP contribution in [0.15, 0.2) is 72.9 Å². The molecular formula is C18H17N. The highest BCUT2D eigenvalue weighted by molar-refractivity contribution is 5.64. The molecule has 2 aromatic carbocycles. The lowest BCUT2D eigenvalue weighted by molar-refractivity contribution is 0.813. The molecule has 0 saturated heterocycles. The van der Waals surface area contributed by atoms with E-state index in [4.69, 9.17) is 0 Å². The molecule has 0 N–H and O–H groups in total. The van der Waals surface area contributed by atoms with Gasteiger partial charge < -0.3 is 4.57 Å². The van der Waals surface area contributed by atoms with Gasteiger partial charge in [-0.25, -0.2) is 0 Å². The highest BCUT2D eigenvalue weighted by atomic mass is 15.0. The first-order chi connectivity index (χ1) is 9.34. The number of nitrogens with zero attached hydrogens (tertiary/aromatic N) is 1. The molecule has 0 radical (unpaired) electrons. The third-order valence-electron chi connectivity index (χ3n) is 3.41. The summed E-state index contributed by atoms with van der Waals surface area (Å²) in [5.74, 6) is 0. The average Bonchev–Trinajstić information content (AvgIpc) is 2.82. The summed E-state index contributed by atoms with van der Waals surface area (Å²) in [6, 6.07) is 23.4. The Bertz CT molecular complexity index is 651. The van der Waals surface area contributed by atoms with E-state index in [2.05, 4.69) is 84.4 Å². The van der Waals surface area contributed by atoms with Gasteiger partial charge in [0.1, 0.15) is 0 Å². The third kappa shape index (κ3) is 2.45. The first-order valence-electron chi connectivity index (χ1n) is 6.59. The summed E-state index contributed by atoms with van der Waals surface area (Å²) >= 11 is 0. The molecule has 0 atom stereocenters. The van der Waals surface area contributed by atoms with Gasteiger partial charge in [-0.15, -0.1) is 0 Å². The van der Waals surface area contributed by atoms with Gasteiger partial charge in [-0.2, -0.15) is 0 Å². The maximum absolute atomic E-state index is 2.32. The zero-order valence-corrected chi connectivity index (χ0v) is 11.1. The lowest BCUT2D eigenvalue weighted by Crippen LogP contribution is -2.00. The van der Waals surface area contributed by atoms with E-state index in [1.165, 1.54) is 22.4 Å². The van der Waals surface area contributed by atoms with Crippen LogP contribution < -0.4 is 0 Å². The summed E-state index contributed by atoms with van der Waals surface area (Å²) in [7, 11) is 0. The molecule has 0 aliphatic heterocycles. The molecule has 1 heterocycles. The second kappa shape index (κ2) is 5.15. The molecule has 0 aliphatic rings. The van der Waals surface area contributed by atoms with Crippen LogP contribution in [0, 0.1) is 6.92 Å². The summed E-state index contributed by atoms with van der Waals surface area (Å²) in [5.41, 5.74) is 5.24. The van der Waals surface area contributed by atoms with Gasteiger partial charge in [-0.3, -0.25) is 0 Å². The normalized spacial score (nSPS) is 10.6. The van der Waals surface area contributed by atoms with Crippen molar-refractivity contribution >= 4 is 0 Å². The number of aryl methyl sites for hydroxylation is 1. The first-order valence-corrected chi connectivity index (χ1v) is 6.59. The Morgan fingerprint density at radius 3 is 2.11 bits per heavy atom. The van der Waals surface area contributed by atoms with Gasteiger partial charge in [0.15, 0.2) is 0 Å². The van der Waals surface area contributed by atoms with Crippen molar-refractivity contribution < 1.29 is 0 Å². The van der Waals surface area contributed by atoms with Crippen molar-refractivity contribution in [3.63, 3.8) is 0 Å². The van der Waals surface area contributed by atoms with E-state index in [1.54, 1.807) is 0 Å². The van der Waals surface area contributed by atoms with E-state index >= 15 is 0 Å². The SMILES string of the molecule is Cc1ccn(Cc2ccccc2)c1-c1ccccc1. The van der Waals surface area contributed by atoms with Gasteiger partial charge in [-0.05, 0) is 29.7 Å². The monoisotopic (exact) mass is 247 g/mol.